The number of hydrogen-bond donors (Lipinski definition) is 2. The van der Waals surface area contributed by atoms with E-state index in [-0.39, 0.29) is 34.9 Å². The first-order valence-electron chi connectivity index (χ1n) is 11.2. The number of ether oxygens (including phenoxy) is 2. The maximum atomic E-state index is 12.9. The van der Waals surface area contributed by atoms with Crippen LogP contribution < -0.4 is 14.8 Å². The Labute approximate surface area is 214 Å². The summed E-state index contributed by atoms with van der Waals surface area (Å²) in [6.45, 7) is 3.88. The van der Waals surface area contributed by atoms with Crippen molar-refractivity contribution in [2.45, 2.75) is 42.8 Å². The Morgan fingerprint density at radius 2 is 1.41 bits per heavy atom. The van der Waals surface area contributed by atoms with Gasteiger partial charge in [-0.25, -0.2) is 0 Å². The van der Waals surface area contributed by atoms with Gasteiger partial charge in [0.25, 0.3) is 0 Å². The summed E-state index contributed by atoms with van der Waals surface area (Å²) in [6, 6.07) is 17.1. The largest absolute Gasteiger partial charge is 0.573 e. The van der Waals surface area contributed by atoms with Gasteiger partial charge in [0.1, 0.15) is 17.2 Å². The molecule has 0 aromatic heterocycles. The minimum absolute atomic E-state index is 0.0229. The zero-order valence-electron chi connectivity index (χ0n) is 19.8. The van der Waals surface area contributed by atoms with E-state index in [0.29, 0.717) is 16.9 Å². The monoisotopic (exact) mass is 545 g/mol. The molecule has 3 aromatic rings. The average molecular weight is 546 g/mol. The molecular formula is C26H25F6NO3S. The summed E-state index contributed by atoms with van der Waals surface area (Å²) in [6.07, 6.45) is -5.50. The Kier molecular flexibility index (Phi) is 9.38. The predicted molar refractivity (Wildman–Crippen MR) is 129 cm³/mol. The second-order valence-electron chi connectivity index (χ2n) is 8.47. The zero-order chi connectivity index (χ0) is 27.2. The molecule has 11 heteroatoms. The van der Waals surface area contributed by atoms with Crippen molar-refractivity contribution in [1.29, 1.82) is 0 Å². The maximum absolute atomic E-state index is 12.9. The summed E-state index contributed by atoms with van der Waals surface area (Å²) in [7, 11) is 0. The minimum Gasteiger partial charge on any atom is -0.457 e. The highest BCUT2D eigenvalue weighted by Gasteiger charge is 2.31. The molecule has 3 rings (SSSR count). The van der Waals surface area contributed by atoms with Crippen LogP contribution in [0.15, 0.2) is 77.7 Å². The highest BCUT2D eigenvalue weighted by atomic mass is 32.2. The molecule has 3 aromatic carbocycles. The van der Waals surface area contributed by atoms with E-state index < -0.39 is 29.8 Å². The van der Waals surface area contributed by atoms with E-state index in [4.69, 9.17) is 4.74 Å². The molecule has 0 saturated heterocycles. The van der Waals surface area contributed by atoms with E-state index >= 15 is 0 Å². The Balaban J connectivity index is 1.86. The fraction of sp³-hybridized carbons (Fsp3) is 0.308. The quantitative estimate of drug-likeness (QED) is 0.202. The second kappa shape index (κ2) is 12.1. The zero-order valence-corrected chi connectivity index (χ0v) is 20.6. The lowest BCUT2D eigenvalue weighted by Gasteiger charge is -2.24. The van der Waals surface area contributed by atoms with Crippen LogP contribution in [0, 0.1) is 5.92 Å². The third-order valence-corrected chi connectivity index (χ3v) is 5.93. The van der Waals surface area contributed by atoms with Crippen molar-refractivity contribution < 1.29 is 40.9 Å². The number of aliphatic hydroxyl groups excluding tert-OH is 1. The normalized spacial score (nSPS) is 13.9. The van der Waals surface area contributed by atoms with Crippen LogP contribution in [0.4, 0.5) is 26.3 Å². The van der Waals surface area contributed by atoms with Crippen molar-refractivity contribution in [3.63, 3.8) is 0 Å². The number of benzene rings is 3. The Morgan fingerprint density at radius 3 is 2.00 bits per heavy atom. The van der Waals surface area contributed by atoms with Gasteiger partial charge in [-0.3, -0.25) is 0 Å². The average Bonchev–Trinajstić information content (AvgIpc) is 2.79. The fourth-order valence-electron chi connectivity index (χ4n) is 3.40. The molecule has 200 valence electrons. The van der Waals surface area contributed by atoms with Crippen molar-refractivity contribution in [3.8, 4) is 17.2 Å². The third kappa shape index (κ3) is 9.49. The summed E-state index contributed by atoms with van der Waals surface area (Å²) in [4.78, 5) is 0.0229. The molecule has 0 bridgehead atoms. The standard InChI is InChI=1S/C26H25F6NO3S/c1-16(2)23(34)15-33-24(18-6-4-8-22(14-18)37-26(30,31)32)17-5-3-7-21(13-17)35-19-9-11-20(12-10-19)36-25(27,28)29/h3-14,16,23-24,33-34H,15H2,1-2H3. The van der Waals surface area contributed by atoms with E-state index in [1.54, 1.807) is 30.3 Å². The van der Waals surface area contributed by atoms with E-state index in [1.807, 2.05) is 13.8 Å². The van der Waals surface area contributed by atoms with Crippen LogP contribution in [-0.2, 0) is 0 Å². The molecule has 0 aliphatic rings. The number of halogens is 6. The fourth-order valence-corrected chi connectivity index (χ4v) is 4.01. The smallest absolute Gasteiger partial charge is 0.457 e. The van der Waals surface area contributed by atoms with Gasteiger partial charge in [-0.2, -0.15) is 13.2 Å². The van der Waals surface area contributed by atoms with Crippen molar-refractivity contribution in [1.82, 2.24) is 5.32 Å². The number of hydrogen-bond acceptors (Lipinski definition) is 5. The Bertz CT molecular complexity index is 1150. The van der Waals surface area contributed by atoms with Crippen LogP contribution in [0.2, 0.25) is 0 Å². The summed E-state index contributed by atoms with van der Waals surface area (Å²) in [5, 5.41) is 13.5. The SMILES string of the molecule is CC(C)C(O)CNC(c1cccc(Oc2ccc(OC(F)(F)F)cc2)c1)c1cccc(SC(F)(F)F)c1. The molecule has 2 atom stereocenters. The molecule has 0 aliphatic heterocycles. The van der Waals surface area contributed by atoms with Crippen LogP contribution >= 0.6 is 11.8 Å². The lowest BCUT2D eigenvalue weighted by atomic mass is 9.97. The highest BCUT2D eigenvalue weighted by Crippen LogP contribution is 2.38. The van der Waals surface area contributed by atoms with Crippen LogP contribution in [0.5, 0.6) is 17.2 Å². The van der Waals surface area contributed by atoms with Gasteiger partial charge in [0.15, 0.2) is 0 Å². The van der Waals surface area contributed by atoms with Crippen molar-refractivity contribution >= 4 is 11.8 Å². The van der Waals surface area contributed by atoms with Gasteiger partial charge in [-0.15, -0.1) is 13.2 Å². The third-order valence-electron chi connectivity index (χ3n) is 5.21. The molecule has 0 aliphatic carbocycles. The van der Waals surface area contributed by atoms with Gasteiger partial charge < -0.3 is 19.9 Å². The lowest BCUT2D eigenvalue weighted by molar-refractivity contribution is -0.274. The van der Waals surface area contributed by atoms with Gasteiger partial charge in [-0.05, 0) is 77.3 Å². The van der Waals surface area contributed by atoms with Gasteiger partial charge in [-0.1, -0.05) is 38.1 Å². The van der Waals surface area contributed by atoms with Crippen LogP contribution in [0.25, 0.3) is 0 Å². The highest BCUT2D eigenvalue weighted by molar-refractivity contribution is 8.00. The van der Waals surface area contributed by atoms with Gasteiger partial charge in [0.2, 0.25) is 0 Å². The Morgan fingerprint density at radius 1 is 0.811 bits per heavy atom. The first kappa shape index (κ1) is 28.7. The molecule has 2 N–H and O–H groups in total. The predicted octanol–water partition coefficient (Wildman–Crippen LogP) is 7.69. The number of thioether (sulfide) groups is 1. The molecule has 0 amide bonds. The molecule has 4 nitrogen and oxygen atoms in total. The molecule has 0 fully saturated rings. The lowest BCUT2D eigenvalue weighted by Crippen LogP contribution is -2.33. The van der Waals surface area contributed by atoms with Crippen LogP contribution in [-0.4, -0.2) is 29.6 Å². The van der Waals surface area contributed by atoms with Gasteiger partial charge >= 0.3 is 11.9 Å². The molecule has 0 radical (unpaired) electrons. The summed E-state index contributed by atoms with van der Waals surface area (Å²) >= 11 is -0.216. The Hall–Kier alpha value is -2.89. The van der Waals surface area contributed by atoms with Crippen molar-refractivity contribution in [3.05, 3.63) is 83.9 Å². The summed E-state index contributed by atoms with van der Waals surface area (Å²) in [5.41, 5.74) is -3.24. The molecule has 0 spiro atoms. The maximum Gasteiger partial charge on any atom is 0.573 e. The summed E-state index contributed by atoms with van der Waals surface area (Å²) < 4.78 is 85.6. The van der Waals surface area contributed by atoms with Crippen molar-refractivity contribution in [2.24, 2.45) is 5.92 Å². The second-order valence-corrected chi connectivity index (χ2v) is 9.61. The molecule has 0 saturated carbocycles. The van der Waals surface area contributed by atoms with Crippen LogP contribution in [0.1, 0.15) is 31.0 Å². The first-order valence-corrected chi connectivity index (χ1v) is 12.0. The number of aliphatic hydroxyl groups is 1. The number of nitrogens with one attached hydrogen (secondary N) is 1. The topological polar surface area (TPSA) is 50.7 Å². The van der Waals surface area contributed by atoms with Gasteiger partial charge in [0, 0.05) is 11.4 Å². The van der Waals surface area contributed by atoms with E-state index in [0.717, 1.165) is 12.1 Å². The summed E-state index contributed by atoms with van der Waals surface area (Å²) in [5.74, 6) is 0.187. The first-order chi connectivity index (χ1) is 17.3. The van der Waals surface area contributed by atoms with E-state index in [2.05, 4.69) is 10.1 Å². The number of alkyl halides is 6. The molecular weight excluding hydrogens is 520 g/mol. The van der Waals surface area contributed by atoms with Gasteiger partial charge in [0.05, 0.1) is 12.1 Å². The van der Waals surface area contributed by atoms with Crippen molar-refractivity contribution in [2.75, 3.05) is 6.54 Å². The molecule has 2 unspecified atom stereocenters. The minimum atomic E-state index is -4.81. The number of rotatable bonds is 10. The molecule has 0 heterocycles. The molecule has 37 heavy (non-hydrogen) atoms. The van der Waals surface area contributed by atoms with E-state index in [1.165, 1.54) is 30.3 Å². The van der Waals surface area contributed by atoms with Crippen LogP contribution in [0.3, 0.4) is 0 Å². The van der Waals surface area contributed by atoms with E-state index in [9.17, 15) is 31.4 Å².